The number of hydrogen-bond acceptors (Lipinski definition) is 3. The molecule has 22 heavy (non-hydrogen) atoms. The summed E-state index contributed by atoms with van der Waals surface area (Å²) in [5.74, 6) is -0.158. The van der Waals surface area contributed by atoms with Crippen LogP contribution in [0.5, 0.6) is 0 Å². The highest BCUT2D eigenvalue weighted by Crippen LogP contribution is 2.11. The fourth-order valence-corrected chi connectivity index (χ4v) is 2.00. The van der Waals surface area contributed by atoms with Crippen LogP contribution in [-0.2, 0) is 16.1 Å². The number of rotatable bonds is 4. The van der Waals surface area contributed by atoms with Crippen LogP contribution >= 0.6 is 0 Å². The Kier molecular flexibility index (Phi) is 5.97. The number of carbonyl (C=O) groups is 2. The topological polar surface area (TPSA) is 58.6 Å². The van der Waals surface area contributed by atoms with Gasteiger partial charge in [0.25, 0.3) is 0 Å². The molecule has 5 nitrogen and oxygen atoms in total. The van der Waals surface area contributed by atoms with E-state index in [-0.39, 0.29) is 5.91 Å². The van der Waals surface area contributed by atoms with Gasteiger partial charge >= 0.3 is 6.09 Å². The molecule has 0 aliphatic rings. The molecule has 1 rings (SSSR count). The Morgan fingerprint density at radius 3 is 2.41 bits per heavy atom. The van der Waals surface area contributed by atoms with Crippen molar-refractivity contribution in [3.8, 4) is 0 Å². The number of hydrogen-bond donors (Lipinski definition) is 1. The zero-order chi connectivity index (χ0) is 16.9. The second-order valence-electron chi connectivity index (χ2n) is 6.49. The van der Waals surface area contributed by atoms with E-state index in [0.29, 0.717) is 6.54 Å². The van der Waals surface area contributed by atoms with Crippen LogP contribution < -0.4 is 5.32 Å². The van der Waals surface area contributed by atoms with E-state index in [1.807, 2.05) is 31.2 Å². The quantitative estimate of drug-likeness (QED) is 0.930. The largest absolute Gasteiger partial charge is 0.444 e. The third kappa shape index (κ3) is 5.76. The number of alkyl carbamates (subject to hydrolysis) is 1. The summed E-state index contributed by atoms with van der Waals surface area (Å²) >= 11 is 0. The maximum Gasteiger partial charge on any atom is 0.408 e. The lowest BCUT2D eigenvalue weighted by Crippen LogP contribution is -2.46. The van der Waals surface area contributed by atoms with Gasteiger partial charge in [0.05, 0.1) is 0 Å². The summed E-state index contributed by atoms with van der Waals surface area (Å²) in [6.45, 7) is 9.51. The average molecular weight is 306 g/mol. The van der Waals surface area contributed by atoms with Crippen LogP contribution in [0.15, 0.2) is 24.3 Å². The van der Waals surface area contributed by atoms with Gasteiger partial charge in [-0.1, -0.05) is 24.3 Å². The summed E-state index contributed by atoms with van der Waals surface area (Å²) < 4.78 is 5.15. The van der Waals surface area contributed by atoms with Crippen molar-refractivity contribution < 1.29 is 14.3 Å². The van der Waals surface area contributed by atoms with Crippen molar-refractivity contribution in [3.63, 3.8) is 0 Å². The van der Waals surface area contributed by atoms with Crippen molar-refractivity contribution >= 4 is 12.0 Å². The number of likely N-dealkylation sites (N-methyl/N-ethyl adjacent to an activating group) is 1. The molecule has 0 saturated heterocycles. The molecule has 0 radical (unpaired) electrons. The molecule has 0 saturated carbocycles. The zero-order valence-corrected chi connectivity index (χ0v) is 14.3. The van der Waals surface area contributed by atoms with Crippen LogP contribution in [0.4, 0.5) is 4.79 Å². The number of amides is 2. The molecule has 0 aromatic heterocycles. The Hall–Kier alpha value is -2.04. The normalized spacial score (nSPS) is 12.5. The van der Waals surface area contributed by atoms with Crippen molar-refractivity contribution in [2.45, 2.75) is 52.8 Å². The molecular formula is C17H26N2O3. The fraction of sp³-hybridized carbons (Fsp3) is 0.529. The summed E-state index contributed by atoms with van der Waals surface area (Å²) in [6.07, 6.45) is -0.586. The molecule has 0 aliphatic carbocycles. The van der Waals surface area contributed by atoms with E-state index < -0.39 is 17.7 Å². The van der Waals surface area contributed by atoms with E-state index >= 15 is 0 Å². The molecule has 5 heteroatoms. The first-order valence-electron chi connectivity index (χ1n) is 7.39. The third-order valence-electron chi connectivity index (χ3n) is 3.15. The van der Waals surface area contributed by atoms with Gasteiger partial charge in [0.15, 0.2) is 0 Å². The van der Waals surface area contributed by atoms with Gasteiger partial charge in [-0.05, 0) is 45.7 Å². The Labute approximate surface area is 132 Å². The predicted octanol–water partition coefficient (Wildman–Crippen LogP) is 2.87. The highest BCUT2D eigenvalue weighted by Gasteiger charge is 2.23. The second-order valence-corrected chi connectivity index (χ2v) is 6.49. The minimum atomic E-state index is -0.635. The monoisotopic (exact) mass is 306 g/mol. The number of carbonyl (C=O) groups excluding carboxylic acids is 2. The SMILES string of the molecule is Cc1ccccc1CN(C)C(=O)C(C)NC(=O)OC(C)(C)C. The maximum absolute atomic E-state index is 12.3. The van der Waals surface area contributed by atoms with Crippen molar-refractivity contribution in [1.29, 1.82) is 0 Å². The summed E-state index contributed by atoms with van der Waals surface area (Å²) in [7, 11) is 1.72. The van der Waals surface area contributed by atoms with Gasteiger partial charge in [-0.15, -0.1) is 0 Å². The third-order valence-corrected chi connectivity index (χ3v) is 3.15. The van der Waals surface area contributed by atoms with Gasteiger partial charge < -0.3 is 15.0 Å². The zero-order valence-electron chi connectivity index (χ0n) is 14.3. The first-order chi connectivity index (χ1) is 10.1. The lowest BCUT2D eigenvalue weighted by Gasteiger charge is -2.25. The maximum atomic E-state index is 12.3. The van der Waals surface area contributed by atoms with E-state index in [1.165, 1.54) is 0 Å². The smallest absolute Gasteiger partial charge is 0.408 e. The molecule has 0 fully saturated rings. The Morgan fingerprint density at radius 2 is 1.86 bits per heavy atom. The van der Waals surface area contributed by atoms with Crippen LogP contribution in [0.25, 0.3) is 0 Å². The van der Waals surface area contributed by atoms with Crippen molar-refractivity contribution in [2.24, 2.45) is 0 Å². The van der Waals surface area contributed by atoms with Gasteiger partial charge in [0.1, 0.15) is 11.6 Å². The highest BCUT2D eigenvalue weighted by molar-refractivity contribution is 5.85. The molecule has 0 bridgehead atoms. The molecule has 2 amide bonds. The highest BCUT2D eigenvalue weighted by atomic mass is 16.6. The van der Waals surface area contributed by atoms with Gasteiger partial charge in [-0.3, -0.25) is 4.79 Å². The first-order valence-corrected chi connectivity index (χ1v) is 7.39. The molecular weight excluding hydrogens is 280 g/mol. The van der Waals surface area contributed by atoms with Crippen LogP contribution in [0.2, 0.25) is 0 Å². The molecule has 1 N–H and O–H groups in total. The number of nitrogens with one attached hydrogen (secondary N) is 1. The second kappa shape index (κ2) is 7.29. The Morgan fingerprint density at radius 1 is 1.27 bits per heavy atom. The standard InChI is InChI=1S/C17H26N2O3/c1-12-9-7-8-10-14(12)11-19(6)15(20)13(2)18-16(21)22-17(3,4)5/h7-10,13H,11H2,1-6H3,(H,18,21). The van der Waals surface area contributed by atoms with Crippen molar-refractivity contribution in [2.75, 3.05) is 7.05 Å². The molecule has 1 aromatic carbocycles. The Balaban J connectivity index is 2.59. The van der Waals surface area contributed by atoms with E-state index in [1.54, 1.807) is 39.6 Å². The van der Waals surface area contributed by atoms with Crippen LogP contribution in [0.3, 0.4) is 0 Å². The number of benzene rings is 1. The molecule has 0 spiro atoms. The molecule has 1 aromatic rings. The van der Waals surface area contributed by atoms with Crippen LogP contribution in [-0.4, -0.2) is 35.6 Å². The summed E-state index contributed by atoms with van der Waals surface area (Å²) in [5.41, 5.74) is 1.64. The number of nitrogens with zero attached hydrogens (tertiary/aromatic N) is 1. The minimum absolute atomic E-state index is 0.158. The molecule has 1 unspecified atom stereocenters. The van der Waals surface area contributed by atoms with Gasteiger partial charge in [0.2, 0.25) is 5.91 Å². The summed E-state index contributed by atoms with van der Waals surface area (Å²) in [4.78, 5) is 25.6. The summed E-state index contributed by atoms with van der Waals surface area (Å²) in [6, 6.07) is 7.28. The summed E-state index contributed by atoms with van der Waals surface area (Å²) in [5, 5.41) is 2.57. The average Bonchev–Trinajstić information content (AvgIpc) is 2.38. The van der Waals surface area contributed by atoms with Gasteiger partial charge in [-0.25, -0.2) is 4.79 Å². The van der Waals surface area contributed by atoms with Crippen molar-refractivity contribution in [3.05, 3.63) is 35.4 Å². The van der Waals surface area contributed by atoms with E-state index in [0.717, 1.165) is 11.1 Å². The van der Waals surface area contributed by atoms with E-state index in [9.17, 15) is 9.59 Å². The number of aryl methyl sites for hydroxylation is 1. The molecule has 1 atom stereocenters. The minimum Gasteiger partial charge on any atom is -0.444 e. The van der Waals surface area contributed by atoms with Crippen LogP contribution in [0, 0.1) is 6.92 Å². The fourth-order valence-electron chi connectivity index (χ4n) is 2.00. The lowest BCUT2D eigenvalue weighted by atomic mass is 10.1. The van der Waals surface area contributed by atoms with E-state index in [2.05, 4.69) is 5.32 Å². The van der Waals surface area contributed by atoms with Gasteiger partial charge in [0, 0.05) is 13.6 Å². The van der Waals surface area contributed by atoms with Gasteiger partial charge in [-0.2, -0.15) is 0 Å². The first kappa shape index (κ1) is 18.0. The molecule has 0 aliphatic heterocycles. The lowest BCUT2D eigenvalue weighted by molar-refractivity contribution is -0.132. The van der Waals surface area contributed by atoms with Crippen molar-refractivity contribution in [1.82, 2.24) is 10.2 Å². The molecule has 122 valence electrons. The Bertz CT molecular complexity index is 535. The number of ether oxygens (including phenoxy) is 1. The predicted molar refractivity (Wildman–Crippen MR) is 86.5 cm³/mol. The van der Waals surface area contributed by atoms with E-state index in [4.69, 9.17) is 4.74 Å². The van der Waals surface area contributed by atoms with Crippen LogP contribution in [0.1, 0.15) is 38.8 Å². The molecule has 0 heterocycles.